The molecule has 1 aromatic carbocycles. The molecule has 0 saturated carbocycles. The first-order valence-electron chi connectivity index (χ1n) is 6.04. The van der Waals surface area contributed by atoms with Crippen LogP contribution in [-0.2, 0) is 20.9 Å². The number of benzene rings is 1. The Labute approximate surface area is 117 Å². The normalized spacial score (nSPS) is 10.0. The van der Waals surface area contributed by atoms with Gasteiger partial charge in [-0.1, -0.05) is 0 Å². The largest absolute Gasteiger partial charge is 0.496 e. The standard InChI is InChI=1S/C14H18O6/c1-5-20-14(16)13(15)12-9(8-17-2)10(18-3)6-7-11(12)19-4/h6-7H,5,8H2,1-4H3. The lowest BCUT2D eigenvalue weighted by molar-refractivity contribution is -0.137. The van der Waals surface area contributed by atoms with Crippen LogP contribution in [0.2, 0.25) is 0 Å². The number of ether oxygens (including phenoxy) is 4. The van der Waals surface area contributed by atoms with Crippen LogP contribution in [0.5, 0.6) is 11.5 Å². The van der Waals surface area contributed by atoms with Gasteiger partial charge in [-0.05, 0) is 19.1 Å². The highest BCUT2D eigenvalue weighted by Gasteiger charge is 2.27. The maximum Gasteiger partial charge on any atom is 0.379 e. The smallest absolute Gasteiger partial charge is 0.379 e. The molecule has 6 nitrogen and oxygen atoms in total. The number of carbonyl (C=O) groups excluding carboxylic acids is 2. The summed E-state index contributed by atoms with van der Waals surface area (Å²) < 4.78 is 20.1. The van der Waals surface area contributed by atoms with E-state index in [1.807, 2.05) is 0 Å². The average Bonchev–Trinajstić information content (AvgIpc) is 2.46. The summed E-state index contributed by atoms with van der Waals surface area (Å²) >= 11 is 0. The van der Waals surface area contributed by atoms with Gasteiger partial charge in [-0.2, -0.15) is 0 Å². The molecular weight excluding hydrogens is 264 g/mol. The Hall–Kier alpha value is -2.08. The monoisotopic (exact) mass is 282 g/mol. The van der Waals surface area contributed by atoms with E-state index < -0.39 is 11.8 Å². The third-order valence-electron chi connectivity index (χ3n) is 2.65. The summed E-state index contributed by atoms with van der Waals surface area (Å²) in [5, 5.41) is 0. The van der Waals surface area contributed by atoms with Crippen LogP contribution in [-0.4, -0.2) is 39.7 Å². The van der Waals surface area contributed by atoms with Crippen molar-refractivity contribution in [3.05, 3.63) is 23.3 Å². The van der Waals surface area contributed by atoms with E-state index in [9.17, 15) is 9.59 Å². The van der Waals surface area contributed by atoms with Crippen LogP contribution in [0.3, 0.4) is 0 Å². The molecule has 0 fully saturated rings. The number of hydrogen-bond donors (Lipinski definition) is 0. The zero-order valence-corrected chi connectivity index (χ0v) is 12.0. The highest BCUT2D eigenvalue weighted by molar-refractivity contribution is 6.41. The molecule has 0 radical (unpaired) electrons. The van der Waals surface area contributed by atoms with Gasteiger partial charge in [-0.3, -0.25) is 4.79 Å². The summed E-state index contributed by atoms with van der Waals surface area (Å²) in [6.07, 6.45) is 0. The van der Waals surface area contributed by atoms with Crippen molar-refractivity contribution in [1.29, 1.82) is 0 Å². The van der Waals surface area contributed by atoms with E-state index in [0.717, 1.165) is 0 Å². The molecule has 1 aromatic rings. The summed E-state index contributed by atoms with van der Waals surface area (Å²) in [5.41, 5.74) is 0.555. The topological polar surface area (TPSA) is 71.1 Å². The average molecular weight is 282 g/mol. The van der Waals surface area contributed by atoms with E-state index in [-0.39, 0.29) is 24.5 Å². The van der Waals surface area contributed by atoms with Gasteiger partial charge in [0.2, 0.25) is 0 Å². The number of rotatable bonds is 7. The van der Waals surface area contributed by atoms with Crippen LogP contribution >= 0.6 is 0 Å². The number of ketones is 1. The van der Waals surface area contributed by atoms with E-state index in [4.69, 9.17) is 18.9 Å². The van der Waals surface area contributed by atoms with Gasteiger partial charge in [0.1, 0.15) is 11.5 Å². The molecule has 0 spiro atoms. The number of Topliss-reactive ketones (excluding diaryl/α,β-unsaturated/α-hetero) is 1. The summed E-state index contributed by atoms with van der Waals surface area (Å²) in [7, 11) is 4.37. The Morgan fingerprint density at radius 2 is 1.65 bits per heavy atom. The van der Waals surface area contributed by atoms with Gasteiger partial charge >= 0.3 is 5.97 Å². The lowest BCUT2D eigenvalue weighted by atomic mass is 10.0. The van der Waals surface area contributed by atoms with Crippen molar-refractivity contribution < 1.29 is 28.5 Å². The maximum atomic E-state index is 12.2. The summed E-state index contributed by atoms with van der Waals surface area (Å²) in [6.45, 7) is 1.86. The fourth-order valence-electron chi connectivity index (χ4n) is 1.80. The van der Waals surface area contributed by atoms with Gasteiger partial charge in [-0.25, -0.2) is 4.79 Å². The molecule has 0 heterocycles. The number of carbonyl (C=O) groups is 2. The van der Waals surface area contributed by atoms with E-state index in [2.05, 4.69) is 0 Å². The zero-order valence-electron chi connectivity index (χ0n) is 12.0. The van der Waals surface area contributed by atoms with Crippen molar-refractivity contribution in [1.82, 2.24) is 0 Å². The van der Waals surface area contributed by atoms with Crippen LogP contribution in [0, 0.1) is 0 Å². The summed E-state index contributed by atoms with van der Waals surface area (Å²) in [6, 6.07) is 3.21. The summed E-state index contributed by atoms with van der Waals surface area (Å²) in [5.74, 6) is -0.998. The van der Waals surface area contributed by atoms with Gasteiger partial charge in [0.25, 0.3) is 5.78 Å². The molecule has 0 aliphatic heterocycles. The second-order valence-corrected chi connectivity index (χ2v) is 3.81. The Morgan fingerprint density at radius 1 is 1.05 bits per heavy atom. The Kier molecular flexibility index (Phi) is 5.99. The molecule has 20 heavy (non-hydrogen) atoms. The molecule has 0 atom stereocenters. The van der Waals surface area contributed by atoms with Crippen LogP contribution < -0.4 is 9.47 Å². The molecule has 0 amide bonds. The molecule has 110 valence electrons. The fraction of sp³-hybridized carbons (Fsp3) is 0.429. The molecule has 6 heteroatoms. The minimum absolute atomic E-state index is 0.104. The first-order chi connectivity index (χ1) is 9.60. The third kappa shape index (κ3) is 3.27. The third-order valence-corrected chi connectivity index (χ3v) is 2.65. The Morgan fingerprint density at radius 3 is 2.15 bits per heavy atom. The molecule has 0 aromatic heterocycles. The minimum atomic E-state index is -0.934. The molecular formula is C14H18O6. The van der Waals surface area contributed by atoms with Crippen molar-refractivity contribution in [2.24, 2.45) is 0 Å². The molecule has 0 saturated heterocycles. The number of esters is 1. The molecule has 0 aliphatic rings. The lowest BCUT2D eigenvalue weighted by Gasteiger charge is -2.15. The number of methoxy groups -OCH3 is 3. The summed E-state index contributed by atoms with van der Waals surface area (Å²) in [4.78, 5) is 23.9. The molecule has 0 N–H and O–H groups in total. The predicted octanol–water partition coefficient (Wildman–Crippen LogP) is 1.60. The zero-order chi connectivity index (χ0) is 15.1. The molecule has 0 unspecified atom stereocenters. The minimum Gasteiger partial charge on any atom is -0.496 e. The highest BCUT2D eigenvalue weighted by atomic mass is 16.5. The molecule has 0 bridgehead atoms. The number of hydrogen-bond acceptors (Lipinski definition) is 6. The molecule has 0 aliphatic carbocycles. The van der Waals surface area contributed by atoms with Gasteiger partial charge in [-0.15, -0.1) is 0 Å². The second kappa shape index (κ2) is 7.49. The van der Waals surface area contributed by atoms with Gasteiger partial charge in [0.15, 0.2) is 0 Å². The SMILES string of the molecule is CCOC(=O)C(=O)c1c(OC)ccc(OC)c1COC. The first kappa shape index (κ1) is 16.0. The van der Waals surface area contributed by atoms with Crippen molar-refractivity contribution in [2.45, 2.75) is 13.5 Å². The van der Waals surface area contributed by atoms with E-state index >= 15 is 0 Å². The van der Waals surface area contributed by atoms with Crippen molar-refractivity contribution >= 4 is 11.8 Å². The van der Waals surface area contributed by atoms with Gasteiger partial charge < -0.3 is 18.9 Å². The Balaban J connectivity index is 3.38. The van der Waals surface area contributed by atoms with Crippen LogP contribution in [0.1, 0.15) is 22.8 Å². The molecule has 1 rings (SSSR count). The lowest BCUT2D eigenvalue weighted by Crippen LogP contribution is -2.20. The van der Waals surface area contributed by atoms with Crippen molar-refractivity contribution in [3.8, 4) is 11.5 Å². The van der Waals surface area contributed by atoms with E-state index in [1.165, 1.54) is 21.3 Å². The maximum absolute atomic E-state index is 12.2. The Bertz CT molecular complexity index is 495. The quantitative estimate of drug-likeness (QED) is 0.430. The van der Waals surface area contributed by atoms with Crippen LogP contribution in [0.25, 0.3) is 0 Å². The first-order valence-corrected chi connectivity index (χ1v) is 6.04. The van der Waals surface area contributed by atoms with E-state index in [1.54, 1.807) is 19.1 Å². The van der Waals surface area contributed by atoms with Gasteiger partial charge in [0.05, 0.1) is 33.0 Å². The predicted molar refractivity (Wildman–Crippen MR) is 71.2 cm³/mol. The fourth-order valence-corrected chi connectivity index (χ4v) is 1.80. The second-order valence-electron chi connectivity index (χ2n) is 3.81. The van der Waals surface area contributed by atoms with Crippen molar-refractivity contribution in [3.63, 3.8) is 0 Å². The van der Waals surface area contributed by atoms with Crippen LogP contribution in [0.4, 0.5) is 0 Å². The van der Waals surface area contributed by atoms with Crippen molar-refractivity contribution in [2.75, 3.05) is 27.9 Å². The van der Waals surface area contributed by atoms with Gasteiger partial charge in [0, 0.05) is 12.7 Å². The van der Waals surface area contributed by atoms with E-state index in [0.29, 0.717) is 11.3 Å². The van der Waals surface area contributed by atoms with Crippen LogP contribution in [0.15, 0.2) is 12.1 Å². The highest BCUT2D eigenvalue weighted by Crippen LogP contribution is 2.31.